The Labute approximate surface area is 159 Å². The molecule has 2 heterocycles. The summed E-state index contributed by atoms with van der Waals surface area (Å²) < 4.78 is 58.1. The monoisotopic (exact) mass is 400 g/mol. The van der Waals surface area contributed by atoms with Crippen molar-refractivity contribution in [1.82, 2.24) is 14.7 Å². The molecule has 2 amide bonds. The first-order valence-corrected chi connectivity index (χ1v) is 8.67. The van der Waals surface area contributed by atoms with Crippen LogP contribution in [0.4, 0.5) is 28.0 Å². The number of amides is 2. The third-order valence-corrected chi connectivity index (χ3v) is 4.56. The van der Waals surface area contributed by atoms with Crippen LogP contribution >= 0.6 is 0 Å². The van der Waals surface area contributed by atoms with E-state index in [0.717, 1.165) is 4.68 Å². The Bertz CT molecular complexity index is 866. The Balaban J connectivity index is 1.86. The van der Waals surface area contributed by atoms with Crippen LogP contribution in [-0.4, -0.2) is 46.6 Å². The van der Waals surface area contributed by atoms with Gasteiger partial charge in [0.2, 0.25) is 0 Å². The van der Waals surface area contributed by atoms with Crippen LogP contribution in [0, 0.1) is 19.7 Å². The average Bonchev–Trinajstić information content (AvgIpc) is 2.86. The van der Waals surface area contributed by atoms with Gasteiger partial charge < -0.3 is 15.0 Å². The van der Waals surface area contributed by atoms with E-state index in [9.17, 15) is 22.4 Å². The van der Waals surface area contributed by atoms with Crippen LogP contribution in [0.25, 0.3) is 0 Å². The van der Waals surface area contributed by atoms with E-state index in [2.05, 4.69) is 10.4 Å². The van der Waals surface area contributed by atoms with E-state index in [0.29, 0.717) is 23.6 Å². The number of halogens is 4. The summed E-state index contributed by atoms with van der Waals surface area (Å²) in [6.45, 7) is 2.61. The van der Waals surface area contributed by atoms with E-state index >= 15 is 0 Å². The van der Waals surface area contributed by atoms with Crippen molar-refractivity contribution in [2.24, 2.45) is 0 Å². The van der Waals surface area contributed by atoms with Crippen molar-refractivity contribution in [2.45, 2.75) is 32.6 Å². The Kier molecular flexibility index (Phi) is 5.59. The number of ether oxygens (including phenoxy) is 1. The lowest BCUT2D eigenvalue weighted by Gasteiger charge is -2.36. The minimum Gasteiger partial charge on any atom is -0.377 e. The van der Waals surface area contributed by atoms with Gasteiger partial charge in [-0.15, -0.1) is 0 Å². The van der Waals surface area contributed by atoms with Gasteiger partial charge in [0.15, 0.2) is 0 Å². The second-order valence-electron chi connectivity index (χ2n) is 6.58. The van der Waals surface area contributed by atoms with Gasteiger partial charge in [-0.1, -0.05) is 6.07 Å². The first kappa shape index (κ1) is 20.1. The van der Waals surface area contributed by atoms with Gasteiger partial charge in [0.1, 0.15) is 12.4 Å². The number of aromatic nitrogens is 2. The molecule has 1 aromatic carbocycles. The molecule has 152 valence electrons. The zero-order valence-corrected chi connectivity index (χ0v) is 15.4. The maximum Gasteiger partial charge on any atom is 0.408 e. The lowest BCUT2D eigenvalue weighted by Crippen LogP contribution is -2.45. The van der Waals surface area contributed by atoms with Crippen LogP contribution in [0.3, 0.4) is 0 Å². The molecule has 2 aromatic rings. The molecule has 0 bridgehead atoms. The number of carbonyl (C=O) groups is 1. The molecule has 1 aromatic heterocycles. The first-order valence-electron chi connectivity index (χ1n) is 8.67. The summed E-state index contributed by atoms with van der Waals surface area (Å²) in [6, 6.07) is 4.39. The zero-order chi connectivity index (χ0) is 20.5. The predicted molar refractivity (Wildman–Crippen MR) is 93.4 cm³/mol. The summed E-state index contributed by atoms with van der Waals surface area (Å²) in [4.78, 5) is 14.2. The number of anilines is 1. The highest BCUT2D eigenvalue weighted by molar-refractivity contribution is 5.89. The number of nitrogens with zero attached hydrogens (tertiary/aromatic N) is 3. The lowest BCUT2D eigenvalue weighted by atomic mass is 10.0. The Morgan fingerprint density at radius 2 is 2.11 bits per heavy atom. The predicted octanol–water partition coefficient (Wildman–Crippen LogP) is 3.81. The van der Waals surface area contributed by atoms with Crippen LogP contribution in [0.2, 0.25) is 0 Å². The number of aryl methyl sites for hydroxylation is 1. The molecule has 0 radical (unpaired) electrons. The fourth-order valence-corrected chi connectivity index (χ4v) is 3.36. The zero-order valence-electron chi connectivity index (χ0n) is 15.4. The van der Waals surface area contributed by atoms with Gasteiger partial charge in [0.25, 0.3) is 0 Å². The number of alkyl halides is 3. The molecule has 0 spiro atoms. The quantitative estimate of drug-likeness (QED) is 0.798. The van der Waals surface area contributed by atoms with Gasteiger partial charge >= 0.3 is 12.2 Å². The topological polar surface area (TPSA) is 59.4 Å². The molecule has 3 rings (SSSR count). The van der Waals surface area contributed by atoms with Crippen LogP contribution < -0.4 is 5.32 Å². The number of hydrogen-bond acceptors (Lipinski definition) is 3. The van der Waals surface area contributed by atoms with Gasteiger partial charge in [0, 0.05) is 23.5 Å². The van der Waals surface area contributed by atoms with Gasteiger partial charge in [-0.3, -0.25) is 4.68 Å². The van der Waals surface area contributed by atoms with Crippen LogP contribution in [0.15, 0.2) is 24.3 Å². The summed E-state index contributed by atoms with van der Waals surface area (Å²) in [6.07, 6.45) is -4.40. The van der Waals surface area contributed by atoms with E-state index in [-0.39, 0.29) is 18.8 Å². The van der Waals surface area contributed by atoms with Crippen LogP contribution in [-0.2, 0) is 11.3 Å². The molecule has 6 nitrogen and oxygen atoms in total. The van der Waals surface area contributed by atoms with E-state index in [4.69, 9.17) is 4.74 Å². The minimum atomic E-state index is -4.40. The molecule has 0 unspecified atom stereocenters. The van der Waals surface area contributed by atoms with Gasteiger partial charge in [-0.05, 0) is 32.0 Å². The van der Waals surface area contributed by atoms with Crippen molar-refractivity contribution >= 4 is 11.7 Å². The first-order chi connectivity index (χ1) is 13.2. The largest absolute Gasteiger partial charge is 0.408 e. The number of urea groups is 1. The molecule has 0 saturated carbocycles. The molecule has 28 heavy (non-hydrogen) atoms. The third-order valence-electron chi connectivity index (χ3n) is 4.56. The number of benzene rings is 1. The molecular formula is C18H20F4N4O2. The molecule has 0 aliphatic carbocycles. The van der Waals surface area contributed by atoms with E-state index in [1.165, 1.54) is 23.1 Å². The summed E-state index contributed by atoms with van der Waals surface area (Å²) >= 11 is 0. The van der Waals surface area contributed by atoms with Gasteiger partial charge in [-0.2, -0.15) is 18.3 Å². The molecule has 1 aliphatic heterocycles. The highest BCUT2D eigenvalue weighted by atomic mass is 19.4. The van der Waals surface area contributed by atoms with Crippen molar-refractivity contribution in [1.29, 1.82) is 0 Å². The molecule has 1 N–H and O–H groups in total. The van der Waals surface area contributed by atoms with E-state index in [1.807, 2.05) is 0 Å². The molecule has 1 aliphatic rings. The maximum atomic E-state index is 13.4. The normalized spacial score (nSPS) is 17.6. The van der Waals surface area contributed by atoms with Gasteiger partial charge in [-0.25, -0.2) is 9.18 Å². The number of carbonyl (C=O) groups excluding carboxylic acids is 1. The van der Waals surface area contributed by atoms with E-state index < -0.39 is 30.6 Å². The summed E-state index contributed by atoms with van der Waals surface area (Å²) in [5, 5.41) is 6.61. The number of hydrogen-bond donors (Lipinski definition) is 1. The van der Waals surface area contributed by atoms with Crippen molar-refractivity contribution in [3.05, 3.63) is 47.0 Å². The highest BCUT2D eigenvalue weighted by Gasteiger charge is 2.35. The average molecular weight is 400 g/mol. The highest BCUT2D eigenvalue weighted by Crippen LogP contribution is 2.31. The van der Waals surface area contributed by atoms with Crippen LogP contribution in [0.5, 0.6) is 0 Å². The third kappa shape index (κ3) is 4.44. The SMILES string of the molecule is Cc1nn(CC(F)(F)F)c(C)c1[C@@H]1COCCN1C(=O)Nc1cccc(F)c1. The smallest absolute Gasteiger partial charge is 0.377 e. The lowest BCUT2D eigenvalue weighted by molar-refractivity contribution is -0.143. The minimum absolute atomic E-state index is 0.135. The summed E-state index contributed by atoms with van der Waals surface area (Å²) in [7, 11) is 0. The van der Waals surface area contributed by atoms with Gasteiger partial charge in [0.05, 0.1) is 24.9 Å². The van der Waals surface area contributed by atoms with Crippen molar-refractivity contribution in [3.8, 4) is 0 Å². The Morgan fingerprint density at radius 3 is 2.79 bits per heavy atom. The Hall–Kier alpha value is -2.62. The number of nitrogens with one attached hydrogen (secondary N) is 1. The standard InChI is InChI=1S/C18H20F4N4O2/c1-11-16(12(2)26(24-11)10-18(20,21)22)15-9-28-7-6-25(15)17(27)23-14-5-3-4-13(19)8-14/h3-5,8,15H,6-7,9-10H2,1-2H3,(H,23,27)/t15-/m0/s1. The second kappa shape index (κ2) is 7.78. The Morgan fingerprint density at radius 1 is 1.36 bits per heavy atom. The number of rotatable bonds is 3. The molecule has 1 saturated heterocycles. The summed E-state index contributed by atoms with van der Waals surface area (Å²) in [5.74, 6) is -0.489. The number of morpholine rings is 1. The van der Waals surface area contributed by atoms with Crippen molar-refractivity contribution in [3.63, 3.8) is 0 Å². The second-order valence-corrected chi connectivity index (χ2v) is 6.58. The molecule has 10 heteroatoms. The fourth-order valence-electron chi connectivity index (χ4n) is 3.36. The maximum absolute atomic E-state index is 13.4. The van der Waals surface area contributed by atoms with E-state index in [1.54, 1.807) is 19.9 Å². The van der Waals surface area contributed by atoms with Crippen LogP contribution in [0.1, 0.15) is 23.0 Å². The van der Waals surface area contributed by atoms with Crippen molar-refractivity contribution < 1.29 is 27.1 Å². The fraction of sp³-hybridized carbons (Fsp3) is 0.444. The molecule has 1 atom stereocenters. The summed E-state index contributed by atoms with van der Waals surface area (Å²) in [5.41, 5.74) is 1.55. The van der Waals surface area contributed by atoms with Crippen molar-refractivity contribution in [2.75, 3.05) is 25.1 Å². The molecule has 1 fully saturated rings. The molecular weight excluding hydrogens is 380 g/mol.